The van der Waals surface area contributed by atoms with Crippen molar-refractivity contribution in [3.8, 4) is 0 Å². The quantitative estimate of drug-likeness (QED) is 0.828. The predicted molar refractivity (Wildman–Crippen MR) is 108 cm³/mol. The Balaban J connectivity index is 1.52. The minimum absolute atomic E-state index is 0.0196. The van der Waals surface area contributed by atoms with Crippen LogP contribution < -0.4 is 5.32 Å². The first-order valence-electron chi connectivity index (χ1n) is 10.9. The minimum atomic E-state index is -0.599. The second kappa shape index (κ2) is 9.08. The lowest BCUT2D eigenvalue weighted by molar-refractivity contribution is -0.142. The fraction of sp³-hybridized carbons (Fsp3) is 0.609. The summed E-state index contributed by atoms with van der Waals surface area (Å²) in [5, 5.41) is 2.99. The largest absolute Gasteiger partial charge is 0.368 e. The second-order valence-corrected chi connectivity index (χ2v) is 8.57. The predicted octanol–water partition coefficient (Wildman–Crippen LogP) is 2.71. The molecule has 3 fully saturated rings. The molecule has 1 aromatic carbocycles. The van der Waals surface area contributed by atoms with Crippen LogP contribution in [0, 0.1) is 5.92 Å². The summed E-state index contributed by atoms with van der Waals surface area (Å²) in [5.41, 5.74) is 0.547. The number of ketones is 1. The zero-order valence-electron chi connectivity index (χ0n) is 16.8. The minimum Gasteiger partial charge on any atom is -0.368 e. The van der Waals surface area contributed by atoms with Gasteiger partial charge in [-0.1, -0.05) is 50.3 Å². The van der Waals surface area contributed by atoms with Gasteiger partial charge in [-0.15, -0.1) is 0 Å². The van der Waals surface area contributed by atoms with E-state index in [1.807, 2.05) is 18.2 Å². The molecule has 156 valence electrons. The lowest BCUT2D eigenvalue weighted by Gasteiger charge is -2.38. The first-order chi connectivity index (χ1) is 14.1. The maximum atomic E-state index is 13.5. The van der Waals surface area contributed by atoms with Gasteiger partial charge in [0.1, 0.15) is 18.7 Å². The third-order valence-electron chi connectivity index (χ3n) is 6.56. The smallest absolute Gasteiger partial charge is 0.251 e. The number of piperidine rings is 1. The molecule has 3 atom stereocenters. The molecule has 0 spiro atoms. The summed E-state index contributed by atoms with van der Waals surface area (Å²) >= 11 is 0. The van der Waals surface area contributed by atoms with Gasteiger partial charge in [0, 0.05) is 12.1 Å². The van der Waals surface area contributed by atoms with E-state index >= 15 is 0 Å². The van der Waals surface area contributed by atoms with Crippen molar-refractivity contribution in [3.63, 3.8) is 0 Å². The van der Waals surface area contributed by atoms with E-state index in [0.717, 1.165) is 25.7 Å². The molecule has 2 unspecified atom stereocenters. The lowest BCUT2D eigenvalue weighted by atomic mass is 9.84. The van der Waals surface area contributed by atoms with E-state index in [9.17, 15) is 14.4 Å². The molecular weight excluding hydrogens is 368 g/mol. The SMILES string of the molecule is O=C(N[C@@H](CC1CCCCC1)C(=O)N1CCCC2OCC(=O)C21)c1ccccc1. The number of Topliss-reactive ketones (excluding diaryl/α,β-unsaturated/α-hetero) is 1. The maximum absolute atomic E-state index is 13.5. The number of rotatable bonds is 5. The highest BCUT2D eigenvalue weighted by Gasteiger charge is 2.46. The molecule has 4 rings (SSSR count). The zero-order valence-corrected chi connectivity index (χ0v) is 16.8. The van der Waals surface area contributed by atoms with Crippen LogP contribution in [-0.4, -0.2) is 53.8 Å². The zero-order chi connectivity index (χ0) is 20.2. The van der Waals surface area contributed by atoms with Gasteiger partial charge in [-0.05, 0) is 37.3 Å². The molecule has 6 nitrogen and oxygen atoms in total. The van der Waals surface area contributed by atoms with Gasteiger partial charge in [-0.3, -0.25) is 14.4 Å². The first-order valence-corrected chi connectivity index (χ1v) is 10.9. The molecule has 2 saturated heterocycles. The Morgan fingerprint density at radius 3 is 2.59 bits per heavy atom. The third kappa shape index (κ3) is 4.53. The van der Waals surface area contributed by atoms with Gasteiger partial charge in [0.2, 0.25) is 5.91 Å². The summed E-state index contributed by atoms with van der Waals surface area (Å²) in [6.45, 7) is 0.639. The number of fused-ring (bicyclic) bond motifs is 1. The molecule has 1 saturated carbocycles. The topological polar surface area (TPSA) is 75.7 Å². The second-order valence-electron chi connectivity index (χ2n) is 8.57. The van der Waals surface area contributed by atoms with Gasteiger partial charge in [0.25, 0.3) is 5.91 Å². The van der Waals surface area contributed by atoms with Crippen molar-refractivity contribution < 1.29 is 19.1 Å². The summed E-state index contributed by atoms with van der Waals surface area (Å²) in [6.07, 6.45) is 7.87. The van der Waals surface area contributed by atoms with E-state index < -0.39 is 12.1 Å². The maximum Gasteiger partial charge on any atom is 0.251 e. The van der Waals surface area contributed by atoms with E-state index in [4.69, 9.17) is 4.74 Å². The average Bonchev–Trinajstić information content (AvgIpc) is 3.15. The molecule has 0 radical (unpaired) electrons. The van der Waals surface area contributed by atoms with Crippen molar-refractivity contribution in [3.05, 3.63) is 35.9 Å². The van der Waals surface area contributed by atoms with Crippen LogP contribution in [0.4, 0.5) is 0 Å². The standard InChI is InChI=1S/C23H30N2O4/c26-19-15-29-20-12-7-13-25(21(19)20)23(28)18(14-16-8-3-1-4-9-16)24-22(27)17-10-5-2-6-11-17/h2,5-6,10-11,16,18,20-21H,1,3-4,7-9,12-15H2,(H,24,27)/t18-,20?,21?/m0/s1. The van der Waals surface area contributed by atoms with E-state index in [1.165, 1.54) is 19.3 Å². The normalized spacial score (nSPS) is 26.1. The highest BCUT2D eigenvalue weighted by molar-refractivity contribution is 5.99. The van der Waals surface area contributed by atoms with Gasteiger partial charge < -0.3 is 15.0 Å². The van der Waals surface area contributed by atoms with Crippen molar-refractivity contribution in [1.29, 1.82) is 0 Å². The molecule has 0 bridgehead atoms. The van der Waals surface area contributed by atoms with Crippen molar-refractivity contribution in [1.82, 2.24) is 10.2 Å². The Kier molecular flexibility index (Phi) is 6.28. The summed E-state index contributed by atoms with van der Waals surface area (Å²) in [6, 6.07) is 7.91. The average molecular weight is 399 g/mol. The number of ether oxygens (including phenoxy) is 1. The fourth-order valence-corrected chi connectivity index (χ4v) is 5.05. The van der Waals surface area contributed by atoms with Crippen molar-refractivity contribution in [2.75, 3.05) is 13.2 Å². The number of nitrogens with one attached hydrogen (secondary N) is 1. The van der Waals surface area contributed by atoms with E-state index in [-0.39, 0.29) is 30.3 Å². The Labute approximate surface area is 172 Å². The van der Waals surface area contributed by atoms with Gasteiger partial charge in [-0.2, -0.15) is 0 Å². The third-order valence-corrected chi connectivity index (χ3v) is 6.56. The van der Waals surface area contributed by atoms with Gasteiger partial charge in [-0.25, -0.2) is 0 Å². The number of nitrogens with zero attached hydrogens (tertiary/aromatic N) is 1. The van der Waals surface area contributed by atoms with E-state index in [1.54, 1.807) is 17.0 Å². The highest BCUT2D eigenvalue weighted by Crippen LogP contribution is 2.30. The number of carbonyl (C=O) groups excluding carboxylic acids is 3. The Bertz CT molecular complexity index is 745. The van der Waals surface area contributed by atoms with Crippen LogP contribution >= 0.6 is 0 Å². The van der Waals surface area contributed by atoms with Gasteiger partial charge in [0.15, 0.2) is 5.78 Å². The number of hydrogen-bond donors (Lipinski definition) is 1. The van der Waals surface area contributed by atoms with Crippen molar-refractivity contribution in [2.45, 2.75) is 69.6 Å². The van der Waals surface area contributed by atoms with Crippen LogP contribution in [0.5, 0.6) is 0 Å². The van der Waals surface area contributed by atoms with Crippen LogP contribution in [-0.2, 0) is 14.3 Å². The number of benzene rings is 1. The summed E-state index contributed by atoms with van der Waals surface area (Å²) in [5.74, 6) is 0.0504. The number of amides is 2. The summed E-state index contributed by atoms with van der Waals surface area (Å²) in [7, 11) is 0. The highest BCUT2D eigenvalue weighted by atomic mass is 16.5. The molecule has 2 aliphatic heterocycles. The Morgan fingerprint density at radius 2 is 1.83 bits per heavy atom. The van der Waals surface area contributed by atoms with E-state index in [2.05, 4.69) is 5.32 Å². The van der Waals surface area contributed by atoms with E-state index in [0.29, 0.717) is 24.4 Å². The lowest BCUT2D eigenvalue weighted by Crippen LogP contribution is -2.58. The van der Waals surface area contributed by atoms with Crippen LogP contribution in [0.3, 0.4) is 0 Å². The van der Waals surface area contributed by atoms with Gasteiger partial charge in [0.05, 0.1) is 6.10 Å². The molecule has 1 aromatic rings. The van der Waals surface area contributed by atoms with Crippen molar-refractivity contribution in [2.24, 2.45) is 5.92 Å². The number of likely N-dealkylation sites (tertiary alicyclic amines) is 1. The molecule has 0 aromatic heterocycles. The first kappa shape index (κ1) is 20.1. The molecule has 6 heteroatoms. The van der Waals surface area contributed by atoms with Crippen LogP contribution in [0.2, 0.25) is 0 Å². The molecule has 3 aliphatic rings. The van der Waals surface area contributed by atoms with Gasteiger partial charge >= 0.3 is 0 Å². The number of hydrogen-bond acceptors (Lipinski definition) is 4. The number of carbonyl (C=O) groups is 3. The van der Waals surface area contributed by atoms with Crippen molar-refractivity contribution >= 4 is 17.6 Å². The van der Waals surface area contributed by atoms with Crippen LogP contribution in [0.15, 0.2) is 30.3 Å². The summed E-state index contributed by atoms with van der Waals surface area (Å²) < 4.78 is 5.60. The summed E-state index contributed by atoms with van der Waals surface area (Å²) in [4.78, 5) is 40.4. The molecule has 29 heavy (non-hydrogen) atoms. The Morgan fingerprint density at radius 1 is 1.07 bits per heavy atom. The van der Waals surface area contributed by atoms with Crippen LogP contribution in [0.25, 0.3) is 0 Å². The molecule has 1 N–H and O–H groups in total. The van der Waals surface area contributed by atoms with Crippen LogP contribution in [0.1, 0.15) is 61.7 Å². The fourth-order valence-electron chi connectivity index (χ4n) is 5.05. The monoisotopic (exact) mass is 398 g/mol. The molecule has 1 aliphatic carbocycles. The molecule has 2 heterocycles. The molecule has 2 amide bonds. The Hall–Kier alpha value is -2.21. The molecular formula is C23H30N2O4.